The van der Waals surface area contributed by atoms with Crippen LogP contribution in [0.3, 0.4) is 0 Å². The molecule has 126 valence electrons. The van der Waals surface area contributed by atoms with Gasteiger partial charge in [0, 0.05) is 24.8 Å². The Hall–Kier alpha value is -4.08. The van der Waals surface area contributed by atoms with Crippen molar-refractivity contribution >= 4 is 11.7 Å². The molecule has 0 aliphatic heterocycles. The SMILES string of the molecule is O=C(Nc1ccnc(-c2ccccn2)n1)c1nnnn1-c1ccncc1. The fourth-order valence-electron chi connectivity index (χ4n) is 2.21. The lowest BCUT2D eigenvalue weighted by molar-refractivity contribution is 0.101. The zero-order valence-electron chi connectivity index (χ0n) is 13.3. The highest BCUT2D eigenvalue weighted by atomic mass is 16.2. The Morgan fingerprint density at radius 1 is 0.962 bits per heavy atom. The number of nitrogens with zero attached hydrogens (tertiary/aromatic N) is 8. The quantitative estimate of drug-likeness (QED) is 0.584. The molecular weight excluding hydrogens is 334 g/mol. The number of tetrazole rings is 1. The van der Waals surface area contributed by atoms with Gasteiger partial charge in [0.25, 0.3) is 5.91 Å². The van der Waals surface area contributed by atoms with Gasteiger partial charge in [-0.25, -0.2) is 9.97 Å². The molecule has 0 saturated carbocycles. The van der Waals surface area contributed by atoms with Crippen molar-refractivity contribution in [2.24, 2.45) is 0 Å². The molecule has 1 amide bonds. The van der Waals surface area contributed by atoms with Gasteiger partial charge in [-0.3, -0.25) is 14.8 Å². The average Bonchev–Trinajstić information content (AvgIpc) is 3.20. The first-order valence-corrected chi connectivity index (χ1v) is 7.56. The van der Waals surface area contributed by atoms with Crippen LogP contribution in [-0.2, 0) is 0 Å². The Morgan fingerprint density at radius 3 is 2.65 bits per heavy atom. The largest absolute Gasteiger partial charge is 0.304 e. The number of hydrogen-bond donors (Lipinski definition) is 1. The zero-order valence-corrected chi connectivity index (χ0v) is 13.3. The summed E-state index contributed by atoms with van der Waals surface area (Å²) in [5.74, 6) is 0.235. The molecule has 0 unspecified atom stereocenters. The molecule has 4 aromatic heterocycles. The normalized spacial score (nSPS) is 10.5. The van der Waals surface area contributed by atoms with E-state index in [0.29, 0.717) is 23.0 Å². The number of nitrogens with one attached hydrogen (secondary N) is 1. The van der Waals surface area contributed by atoms with Crippen LogP contribution in [-0.4, -0.2) is 46.1 Å². The third kappa shape index (κ3) is 3.11. The Bertz CT molecular complexity index is 1030. The van der Waals surface area contributed by atoms with E-state index in [1.54, 1.807) is 55.1 Å². The van der Waals surface area contributed by atoms with Gasteiger partial charge in [-0.2, -0.15) is 4.68 Å². The first-order chi connectivity index (χ1) is 12.8. The van der Waals surface area contributed by atoms with E-state index in [1.165, 1.54) is 4.68 Å². The van der Waals surface area contributed by atoms with Gasteiger partial charge >= 0.3 is 0 Å². The number of pyridine rings is 2. The molecular formula is C16H11N9O. The molecule has 0 fully saturated rings. The Kier molecular flexibility index (Phi) is 4.04. The minimum absolute atomic E-state index is 0.0224. The molecule has 10 nitrogen and oxygen atoms in total. The maximum absolute atomic E-state index is 12.6. The van der Waals surface area contributed by atoms with Gasteiger partial charge in [-0.05, 0) is 40.8 Å². The number of rotatable bonds is 4. The van der Waals surface area contributed by atoms with E-state index in [-0.39, 0.29) is 5.82 Å². The summed E-state index contributed by atoms with van der Waals surface area (Å²) in [7, 11) is 0. The number of hydrogen-bond acceptors (Lipinski definition) is 8. The van der Waals surface area contributed by atoms with E-state index in [9.17, 15) is 4.79 Å². The summed E-state index contributed by atoms with van der Waals surface area (Å²) in [6, 6.07) is 10.4. The van der Waals surface area contributed by atoms with Crippen molar-refractivity contribution in [2.45, 2.75) is 0 Å². The summed E-state index contributed by atoms with van der Waals surface area (Å²) in [5.41, 5.74) is 1.22. The smallest absolute Gasteiger partial charge is 0.296 e. The fraction of sp³-hybridized carbons (Fsp3) is 0. The van der Waals surface area contributed by atoms with Crippen molar-refractivity contribution in [3.05, 3.63) is 67.0 Å². The van der Waals surface area contributed by atoms with Crippen LogP contribution in [0.15, 0.2) is 61.2 Å². The van der Waals surface area contributed by atoms with Crippen molar-refractivity contribution in [2.75, 3.05) is 5.32 Å². The number of amides is 1. The van der Waals surface area contributed by atoms with Crippen molar-refractivity contribution in [1.82, 2.24) is 40.1 Å². The topological polar surface area (TPSA) is 124 Å². The third-order valence-electron chi connectivity index (χ3n) is 3.37. The van der Waals surface area contributed by atoms with Gasteiger partial charge < -0.3 is 5.32 Å². The van der Waals surface area contributed by atoms with Crippen LogP contribution in [0.2, 0.25) is 0 Å². The average molecular weight is 345 g/mol. The molecule has 4 heterocycles. The van der Waals surface area contributed by atoms with Crippen molar-refractivity contribution in [1.29, 1.82) is 0 Å². The molecule has 0 aliphatic rings. The van der Waals surface area contributed by atoms with E-state index in [1.807, 2.05) is 6.07 Å². The van der Waals surface area contributed by atoms with Gasteiger partial charge in [0.1, 0.15) is 11.5 Å². The first-order valence-electron chi connectivity index (χ1n) is 7.56. The summed E-state index contributed by atoms with van der Waals surface area (Å²) < 4.78 is 1.32. The van der Waals surface area contributed by atoms with Crippen LogP contribution in [0.1, 0.15) is 10.6 Å². The van der Waals surface area contributed by atoms with Crippen molar-refractivity contribution < 1.29 is 4.79 Å². The minimum atomic E-state index is -0.502. The van der Waals surface area contributed by atoms with Crippen LogP contribution >= 0.6 is 0 Å². The Balaban J connectivity index is 1.60. The monoisotopic (exact) mass is 345 g/mol. The summed E-state index contributed by atoms with van der Waals surface area (Å²) in [4.78, 5) is 29.1. The van der Waals surface area contributed by atoms with E-state index in [4.69, 9.17) is 0 Å². The molecule has 0 aromatic carbocycles. The molecule has 0 radical (unpaired) electrons. The predicted molar refractivity (Wildman–Crippen MR) is 90.2 cm³/mol. The first kappa shape index (κ1) is 15.4. The molecule has 10 heteroatoms. The van der Waals surface area contributed by atoms with Crippen LogP contribution in [0, 0.1) is 0 Å². The van der Waals surface area contributed by atoms with Gasteiger partial charge in [0.15, 0.2) is 5.82 Å². The highest BCUT2D eigenvalue weighted by Crippen LogP contribution is 2.14. The molecule has 0 bridgehead atoms. The molecule has 0 saturated heterocycles. The Labute approximate surface area is 147 Å². The van der Waals surface area contributed by atoms with Gasteiger partial charge in [-0.15, -0.1) is 5.10 Å². The molecule has 1 N–H and O–H groups in total. The van der Waals surface area contributed by atoms with Gasteiger partial charge in [0.2, 0.25) is 5.82 Å². The lowest BCUT2D eigenvalue weighted by Crippen LogP contribution is -2.19. The number of aromatic nitrogens is 8. The van der Waals surface area contributed by atoms with Crippen molar-refractivity contribution in [3.8, 4) is 17.2 Å². The van der Waals surface area contributed by atoms with E-state index >= 15 is 0 Å². The second kappa shape index (κ2) is 6.81. The maximum atomic E-state index is 12.6. The molecule has 4 rings (SSSR count). The number of carbonyl (C=O) groups is 1. The second-order valence-electron chi connectivity index (χ2n) is 5.05. The van der Waals surface area contributed by atoms with Crippen molar-refractivity contribution in [3.63, 3.8) is 0 Å². The summed E-state index contributed by atoms with van der Waals surface area (Å²) in [6.45, 7) is 0. The van der Waals surface area contributed by atoms with Gasteiger partial charge in [-0.1, -0.05) is 6.07 Å². The Morgan fingerprint density at radius 2 is 1.85 bits per heavy atom. The maximum Gasteiger partial charge on any atom is 0.296 e. The van der Waals surface area contributed by atoms with E-state index in [2.05, 4.69) is 40.8 Å². The molecule has 0 aliphatic carbocycles. The predicted octanol–water partition coefficient (Wildman–Crippen LogP) is 1.16. The number of carbonyl (C=O) groups excluding carboxylic acids is 1. The fourth-order valence-corrected chi connectivity index (χ4v) is 2.21. The highest BCUT2D eigenvalue weighted by molar-refractivity contribution is 6.01. The van der Waals surface area contributed by atoms with Gasteiger partial charge in [0.05, 0.1) is 5.69 Å². The summed E-state index contributed by atoms with van der Waals surface area (Å²) >= 11 is 0. The number of anilines is 1. The van der Waals surface area contributed by atoms with E-state index in [0.717, 1.165) is 0 Å². The van der Waals surface area contributed by atoms with Crippen LogP contribution in [0.4, 0.5) is 5.82 Å². The molecule has 4 aromatic rings. The lowest BCUT2D eigenvalue weighted by Gasteiger charge is -2.06. The van der Waals surface area contributed by atoms with Crippen LogP contribution < -0.4 is 5.32 Å². The van der Waals surface area contributed by atoms with Crippen LogP contribution in [0.5, 0.6) is 0 Å². The molecule has 26 heavy (non-hydrogen) atoms. The van der Waals surface area contributed by atoms with Crippen LogP contribution in [0.25, 0.3) is 17.2 Å². The highest BCUT2D eigenvalue weighted by Gasteiger charge is 2.18. The van der Waals surface area contributed by atoms with E-state index < -0.39 is 5.91 Å². The minimum Gasteiger partial charge on any atom is -0.304 e. The lowest BCUT2D eigenvalue weighted by atomic mass is 10.3. The summed E-state index contributed by atoms with van der Waals surface area (Å²) in [6.07, 6.45) is 6.36. The third-order valence-corrected chi connectivity index (χ3v) is 3.37. The molecule has 0 atom stereocenters. The second-order valence-corrected chi connectivity index (χ2v) is 5.05. The summed E-state index contributed by atoms with van der Waals surface area (Å²) in [5, 5.41) is 13.9. The standard InChI is InChI=1S/C16H11N9O/c26-16(15-22-23-24-25(15)11-4-8-17-9-5-11)21-13-6-10-19-14(20-13)12-3-1-2-7-18-12/h1-10H,(H,19,20,21,26). The zero-order chi connectivity index (χ0) is 17.8. The molecule has 0 spiro atoms.